The average molecular weight is 554 g/mol. The number of nitrogens with zero attached hydrogens (tertiary/aromatic N) is 2. The number of fused-ring (bicyclic) bond motifs is 5. The molecule has 3 aliphatic rings. The third-order valence-corrected chi connectivity index (χ3v) is 6.94. The number of hydrogen-bond acceptors (Lipinski definition) is 3. The molecular weight excluding hydrogens is 522 g/mol. The molecule has 174 valence electrons. The number of halogens is 2. The van der Waals surface area contributed by atoms with Crippen molar-refractivity contribution in [2.24, 2.45) is 28.7 Å². The van der Waals surface area contributed by atoms with Crippen molar-refractivity contribution in [3.8, 4) is 0 Å². The first-order chi connectivity index (χ1) is 14.8. The number of aliphatic imine (C=N–C) groups is 1. The van der Waals surface area contributed by atoms with Gasteiger partial charge >= 0.3 is 0 Å². The molecule has 1 saturated carbocycles. The van der Waals surface area contributed by atoms with Crippen LogP contribution in [0.15, 0.2) is 41.4 Å². The van der Waals surface area contributed by atoms with Crippen LogP contribution in [0.2, 0.25) is 0 Å². The second kappa shape index (κ2) is 9.89. The fraction of sp³-hybridized carbons (Fsp3) is 0.542. The molecule has 2 fully saturated rings. The largest absolute Gasteiger partial charge is 0.356 e. The molecule has 2 N–H and O–H groups in total. The topological polar surface area (TPSA) is 73.8 Å². The third-order valence-electron chi connectivity index (χ3n) is 6.94. The lowest BCUT2D eigenvalue weighted by Crippen LogP contribution is -2.44. The minimum Gasteiger partial charge on any atom is -0.356 e. The van der Waals surface area contributed by atoms with E-state index < -0.39 is 5.41 Å². The van der Waals surface area contributed by atoms with Crippen molar-refractivity contribution in [3.05, 3.63) is 47.8 Å². The summed E-state index contributed by atoms with van der Waals surface area (Å²) in [6.45, 7) is 5.48. The van der Waals surface area contributed by atoms with Crippen LogP contribution in [0, 0.1) is 29.5 Å². The maximum atomic E-state index is 14.2. The van der Waals surface area contributed by atoms with E-state index in [0.29, 0.717) is 37.6 Å². The van der Waals surface area contributed by atoms with Crippen LogP contribution in [0.4, 0.5) is 4.39 Å². The first-order valence-corrected chi connectivity index (χ1v) is 11.1. The highest BCUT2D eigenvalue weighted by atomic mass is 127. The fourth-order valence-electron chi connectivity index (χ4n) is 5.26. The molecule has 2 bridgehead atoms. The van der Waals surface area contributed by atoms with E-state index in [-0.39, 0.29) is 65.3 Å². The molecule has 0 aromatic heterocycles. The molecule has 4 unspecified atom stereocenters. The van der Waals surface area contributed by atoms with E-state index in [4.69, 9.17) is 0 Å². The lowest BCUT2D eigenvalue weighted by Gasteiger charge is -2.27. The van der Waals surface area contributed by atoms with Crippen LogP contribution in [0.25, 0.3) is 0 Å². The summed E-state index contributed by atoms with van der Waals surface area (Å²) in [4.78, 5) is 31.1. The third kappa shape index (κ3) is 4.56. The molecule has 0 spiro atoms. The van der Waals surface area contributed by atoms with Crippen LogP contribution in [-0.4, -0.2) is 49.4 Å². The van der Waals surface area contributed by atoms with Crippen LogP contribution in [0.3, 0.4) is 0 Å². The van der Waals surface area contributed by atoms with E-state index in [1.165, 1.54) is 11.0 Å². The Morgan fingerprint density at radius 2 is 1.75 bits per heavy atom. The summed E-state index contributed by atoms with van der Waals surface area (Å²) in [5.41, 5.74) is 0.237. The zero-order valence-corrected chi connectivity index (χ0v) is 21.1. The molecule has 1 aromatic rings. The van der Waals surface area contributed by atoms with Crippen LogP contribution in [-0.2, 0) is 15.0 Å². The van der Waals surface area contributed by atoms with Crippen LogP contribution < -0.4 is 10.6 Å². The highest BCUT2D eigenvalue weighted by Crippen LogP contribution is 2.52. The Balaban J connectivity index is 0.00000289. The highest BCUT2D eigenvalue weighted by Gasteiger charge is 2.58. The summed E-state index contributed by atoms with van der Waals surface area (Å²) in [7, 11) is 1.68. The van der Waals surface area contributed by atoms with Gasteiger partial charge < -0.3 is 10.6 Å². The number of nitrogens with one attached hydrogen (secondary N) is 2. The minimum atomic E-state index is -0.414. The Morgan fingerprint density at radius 3 is 2.34 bits per heavy atom. The molecule has 1 aromatic carbocycles. The maximum Gasteiger partial charge on any atom is 0.233 e. The predicted molar refractivity (Wildman–Crippen MR) is 133 cm³/mol. The smallest absolute Gasteiger partial charge is 0.233 e. The van der Waals surface area contributed by atoms with Crippen LogP contribution in [0.5, 0.6) is 0 Å². The standard InChI is InChI=1S/C24H31FN4O2.HI/c1-24(2,17-7-4-5-8-18(17)25)14-28-23(26-3)27-11-6-12-29-21(30)19-15-9-10-16(13-15)20(19)22(29)31;/h4-5,7-10,15-16,19-20H,6,11-14H2,1-3H3,(H2,26,27,28);1H. The van der Waals surface area contributed by atoms with E-state index >= 15 is 0 Å². The van der Waals surface area contributed by atoms with E-state index in [1.807, 2.05) is 19.9 Å². The summed E-state index contributed by atoms with van der Waals surface area (Å²) < 4.78 is 14.2. The van der Waals surface area contributed by atoms with Crippen molar-refractivity contribution in [1.82, 2.24) is 15.5 Å². The molecular formula is C24H32FIN4O2. The molecule has 0 radical (unpaired) electrons. The van der Waals surface area contributed by atoms with E-state index in [9.17, 15) is 14.0 Å². The van der Waals surface area contributed by atoms with Gasteiger partial charge in [-0.3, -0.25) is 19.5 Å². The van der Waals surface area contributed by atoms with E-state index in [0.717, 1.165) is 6.42 Å². The average Bonchev–Trinajstić information content (AvgIpc) is 3.42. The van der Waals surface area contributed by atoms with Crippen molar-refractivity contribution in [2.75, 3.05) is 26.7 Å². The normalized spacial score (nSPS) is 26.4. The summed E-state index contributed by atoms with van der Waals surface area (Å²) in [5.74, 6) is 0.622. The van der Waals surface area contributed by atoms with E-state index in [2.05, 4.69) is 27.8 Å². The first kappa shape index (κ1) is 24.7. The fourth-order valence-corrected chi connectivity index (χ4v) is 5.26. The molecule has 32 heavy (non-hydrogen) atoms. The molecule has 1 aliphatic heterocycles. The Morgan fingerprint density at radius 1 is 1.12 bits per heavy atom. The van der Waals surface area contributed by atoms with Crippen LogP contribution in [0.1, 0.15) is 32.3 Å². The molecule has 2 amide bonds. The number of carbonyl (C=O) groups is 2. The molecule has 1 saturated heterocycles. The molecule has 4 rings (SSSR count). The zero-order chi connectivity index (χ0) is 22.2. The van der Waals surface area contributed by atoms with Gasteiger partial charge in [0, 0.05) is 32.1 Å². The summed E-state index contributed by atoms with van der Waals surface area (Å²) in [5, 5.41) is 6.48. The lowest BCUT2D eigenvalue weighted by molar-refractivity contribution is -0.140. The number of imide groups is 1. The second-order valence-electron chi connectivity index (χ2n) is 9.40. The van der Waals surface area contributed by atoms with Gasteiger partial charge in [-0.2, -0.15) is 0 Å². The Bertz CT molecular complexity index is 902. The Kier molecular flexibility index (Phi) is 7.62. The van der Waals surface area contributed by atoms with Crippen molar-refractivity contribution >= 4 is 41.8 Å². The van der Waals surface area contributed by atoms with Crippen molar-refractivity contribution in [2.45, 2.75) is 32.1 Å². The lowest BCUT2D eigenvalue weighted by atomic mass is 9.84. The number of carbonyl (C=O) groups excluding carboxylic acids is 2. The number of allylic oxidation sites excluding steroid dienone is 2. The van der Waals surface area contributed by atoms with Gasteiger partial charge in [0.1, 0.15) is 5.82 Å². The summed E-state index contributed by atoms with van der Waals surface area (Å²) >= 11 is 0. The predicted octanol–water partition coefficient (Wildman–Crippen LogP) is 3.08. The SMILES string of the molecule is CN=C(NCCCN1C(=O)C2C3C=CC(C3)C2C1=O)NCC(C)(C)c1ccccc1F.I. The maximum absolute atomic E-state index is 14.2. The van der Waals surface area contributed by atoms with Gasteiger partial charge in [-0.25, -0.2) is 4.39 Å². The summed E-state index contributed by atoms with van der Waals surface area (Å²) in [6, 6.07) is 6.80. The van der Waals surface area contributed by atoms with Gasteiger partial charge in [0.25, 0.3) is 0 Å². The summed E-state index contributed by atoms with van der Waals surface area (Å²) in [6.07, 6.45) is 5.82. The number of rotatable bonds is 7. The zero-order valence-electron chi connectivity index (χ0n) is 18.8. The van der Waals surface area contributed by atoms with Crippen molar-refractivity contribution in [3.63, 3.8) is 0 Å². The first-order valence-electron chi connectivity index (χ1n) is 11.1. The number of guanidine groups is 1. The van der Waals surface area contributed by atoms with E-state index in [1.54, 1.807) is 19.2 Å². The molecule has 4 atom stereocenters. The minimum absolute atomic E-state index is 0. The molecule has 2 aliphatic carbocycles. The quantitative estimate of drug-likeness (QED) is 0.136. The Labute approximate surface area is 206 Å². The number of hydrogen-bond donors (Lipinski definition) is 2. The van der Waals surface area contributed by atoms with Crippen molar-refractivity contribution < 1.29 is 14.0 Å². The molecule has 6 nitrogen and oxygen atoms in total. The Hall–Kier alpha value is -1.97. The van der Waals surface area contributed by atoms with Crippen molar-refractivity contribution in [1.29, 1.82) is 0 Å². The van der Waals surface area contributed by atoms with Crippen LogP contribution >= 0.6 is 24.0 Å². The van der Waals surface area contributed by atoms with Gasteiger partial charge in [-0.05, 0) is 36.3 Å². The van der Waals surface area contributed by atoms with Gasteiger partial charge in [0.05, 0.1) is 11.8 Å². The number of amides is 2. The monoisotopic (exact) mass is 554 g/mol. The van der Waals surface area contributed by atoms with Gasteiger partial charge in [0.15, 0.2) is 5.96 Å². The number of benzene rings is 1. The van der Waals surface area contributed by atoms with Gasteiger partial charge in [-0.1, -0.05) is 44.2 Å². The number of likely N-dealkylation sites (tertiary alicyclic amines) is 1. The highest BCUT2D eigenvalue weighted by molar-refractivity contribution is 14.0. The van der Waals surface area contributed by atoms with Gasteiger partial charge in [0.2, 0.25) is 11.8 Å². The molecule has 8 heteroatoms. The van der Waals surface area contributed by atoms with Gasteiger partial charge in [-0.15, -0.1) is 24.0 Å². The second-order valence-corrected chi connectivity index (χ2v) is 9.40. The molecule has 1 heterocycles.